The van der Waals surface area contributed by atoms with Crippen molar-refractivity contribution in [2.75, 3.05) is 26.2 Å². The van der Waals surface area contributed by atoms with Gasteiger partial charge in [0.1, 0.15) is 6.29 Å². The summed E-state index contributed by atoms with van der Waals surface area (Å²) in [4.78, 5) is 24.9. The van der Waals surface area contributed by atoms with Crippen LogP contribution in [0.4, 0.5) is 0 Å². The minimum Gasteiger partial charge on any atom is -0.342 e. The largest absolute Gasteiger partial charge is 0.342 e. The van der Waals surface area contributed by atoms with Gasteiger partial charge in [-0.1, -0.05) is 63.1 Å². The summed E-state index contributed by atoms with van der Waals surface area (Å²) in [6.07, 6.45) is 8.79. The summed E-state index contributed by atoms with van der Waals surface area (Å²) < 4.78 is 0. The summed E-state index contributed by atoms with van der Waals surface area (Å²) in [6, 6.07) is 8.09. The molecule has 0 saturated carbocycles. The molecular formula is C26H47N3O2. The Hall–Kier alpha value is -1.98. The van der Waals surface area contributed by atoms with Crippen molar-refractivity contribution in [3.63, 3.8) is 0 Å². The van der Waals surface area contributed by atoms with Crippen LogP contribution in [0.3, 0.4) is 0 Å². The quantitative estimate of drug-likeness (QED) is 0.438. The SMILES string of the molecule is C=CC.CC.CCCCN.Cc1ccc(CCC(C=O)NCC(=O)N2CCCC2)cc1. The lowest BCUT2D eigenvalue weighted by Gasteiger charge is -2.18. The maximum Gasteiger partial charge on any atom is 0.236 e. The van der Waals surface area contributed by atoms with Crippen molar-refractivity contribution in [3.05, 3.63) is 48.0 Å². The van der Waals surface area contributed by atoms with E-state index in [0.29, 0.717) is 0 Å². The van der Waals surface area contributed by atoms with E-state index in [1.165, 1.54) is 24.0 Å². The molecule has 31 heavy (non-hydrogen) atoms. The minimum atomic E-state index is -0.252. The average molecular weight is 434 g/mol. The number of likely N-dealkylation sites (tertiary alicyclic amines) is 1. The number of carbonyl (C=O) groups is 2. The second-order valence-electron chi connectivity index (χ2n) is 7.29. The van der Waals surface area contributed by atoms with E-state index < -0.39 is 0 Å². The number of carbonyl (C=O) groups excluding carboxylic acids is 2. The number of hydrogen-bond acceptors (Lipinski definition) is 4. The third-order valence-electron chi connectivity index (χ3n) is 4.56. The topological polar surface area (TPSA) is 75.4 Å². The summed E-state index contributed by atoms with van der Waals surface area (Å²) in [5, 5.41) is 3.07. The fraction of sp³-hybridized carbons (Fsp3) is 0.615. The number of hydrogen-bond donors (Lipinski definition) is 2. The third kappa shape index (κ3) is 17.4. The van der Waals surface area contributed by atoms with Gasteiger partial charge in [0.2, 0.25) is 5.91 Å². The van der Waals surface area contributed by atoms with Gasteiger partial charge in [-0.3, -0.25) is 10.1 Å². The van der Waals surface area contributed by atoms with E-state index in [0.717, 1.165) is 51.6 Å². The lowest BCUT2D eigenvalue weighted by molar-refractivity contribution is -0.129. The lowest BCUT2D eigenvalue weighted by atomic mass is 10.0. The van der Waals surface area contributed by atoms with Gasteiger partial charge in [0, 0.05) is 13.1 Å². The Morgan fingerprint density at radius 3 is 2.19 bits per heavy atom. The van der Waals surface area contributed by atoms with E-state index in [4.69, 9.17) is 5.73 Å². The van der Waals surface area contributed by atoms with Crippen LogP contribution in [0, 0.1) is 6.92 Å². The van der Waals surface area contributed by atoms with Crippen molar-refractivity contribution in [1.29, 1.82) is 0 Å². The highest BCUT2D eigenvalue weighted by atomic mass is 16.2. The van der Waals surface area contributed by atoms with Crippen LogP contribution in [-0.2, 0) is 16.0 Å². The first kappa shape index (κ1) is 31.2. The van der Waals surface area contributed by atoms with E-state index in [2.05, 4.69) is 50.0 Å². The van der Waals surface area contributed by atoms with E-state index >= 15 is 0 Å². The molecule has 0 bridgehead atoms. The number of benzene rings is 1. The van der Waals surface area contributed by atoms with Gasteiger partial charge in [-0.05, 0) is 58.1 Å². The second-order valence-corrected chi connectivity index (χ2v) is 7.29. The Balaban J connectivity index is 0. The summed E-state index contributed by atoms with van der Waals surface area (Å²) in [6.45, 7) is 16.3. The first-order valence-electron chi connectivity index (χ1n) is 11.8. The molecule has 1 unspecified atom stereocenters. The zero-order chi connectivity index (χ0) is 23.9. The van der Waals surface area contributed by atoms with Gasteiger partial charge in [-0.2, -0.15) is 0 Å². The first-order chi connectivity index (χ1) is 15.0. The molecule has 178 valence electrons. The highest BCUT2D eigenvalue weighted by Crippen LogP contribution is 2.08. The van der Waals surface area contributed by atoms with Gasteiger partial charge in [-0.25, -0.2) is 0 Å². The summed E-state index contributed by atoms with van der Waals surface area (Å²) >= 11 is 0. The molecule has 1 aromatic rings. The van der Waals surface area contributed by atoms with Gasteiger partial charge in [-0.15, -0.1) is 6.58 Å². The molecule has 1 aliphatic rings. The van der Waals surface area contributed by atoms with Crippen molar-refractivity contribution >= 4 is 12.2 Å². The molecule has 1 aromatic carbocycles. The fourth-order valence-electron chi connectivity index (χ4n) is 2.80. The minimum absolute atomic E-state index is 0.106. The number of nitrogens with zero attached hydrogens (tertiary/aromatic N) is 1. The van der Waals surface area contributed by atoms with Crippen molar-refractivity contribution in [1.82, 2.24) is 10.2 Å². The number of allylic oxidation sites excluding steroid dienone is 1. The molecule has 1 amide bonds. The van der Waals surface area contributed by atoms with Crippen molar-refractivity contribution in [2.45, 2.75) is 79.2 Å². The van der Waals surface area contributed by atoms with Gasteiger partial charge >= 0.3 is 0 Å². The first-order valence-corrected chi connectivity index (χ1v) is 11.8. The number of aldehydes is 1. The highest BCUT2D eigenvalue weighted by molar-refractivity contribution is 5.79. The van der Waals surface area contributed by atoms with Crippen molar-refractivity contribution < 1.29 is 9.59 Å². The standard InChI is InChI=1S/C17H24N2O2.C4H11N.C3H6.C2H6/c1-14-4-6-15(7-5-14)8-9-16(13-20)18-12-17(21)19-10-2-3-11-19;1-2-3-4-5;1-3-2;1-2/h4-7,13,16,18H,2-3,8-12H2,1H3;2-5H2,1H3;3H,1H2,2H3;1-2H3. The third-order valence-corrected chi connectivity index (χ3v) is 4.56. The Morgan fingerprint density at radius 1 is 1.23 bits per heavy atom. The van der Waals surface area contributed by atoms with Crippen LogP contribution in [0.5, 0.6) is 0 Å². The molecule has 0 spiro atoms. The number of unbranched alkanes of at least 4 members (excludes halogenated alkanes) is 1. The van der Waals surface area contributed by atoms with E-state index in [1.54, 1.807) is 6.08 Å². The predicted molar refractivity (Wildman–Crippen MR) is 134 cm³/mol. The molecule has 1 aliphatic heterocycles. The number of aryl methyl sites for hydroxylation is 2. The maximum atomic E-state index is 11.9. The van der Waals surface area contributed by atoms with E-state index in [9.17, 15) is 9.59 Å². The Labute approximate surface area is 191 Å². The van der Waals surface area contributed by atoms with Crippen LogP contribution in [0.1, 0.15) is 70.9 Å². The summed E-state index contributed by atoms with van der Waals surface area (Å²) in [5.74, 6) is 0.106. The van der Waals surface area contributed by atoms with Crippen LogP contribution < -0.4 is 11.1 Å². The normalized spacial score (nSPS) is 12.8. The number of rotatable bonds is 9. The van der Waals surface area contributed by atoms with Crippen molar-refractivity contribution in [2.24, 2.45) is 5.73 Å². The molecule has 1 atom stereocenters. The van der Waals surface area contributed by atoms with Crippen LogP contribution >= 0.6 is 0 Å². The van der Waals surface area contributed by atoms with Crippen LogP contribution in [0.25, 0.3) is 0 Å². The van der Waals surface area contributed by atoms with Crippen molar-refractivity contribution in [3.8, 4) is 0 Å². The predicted octanol–water partition coefficient (Wildman–Crippen LogP) is 4.67. The summed E-state index contributed by atoms with van der Waals surface area (Å²) in [5.41, 5.74) is 7.60. The molecular weight excluding hydrogens is 386 g/mol. The number of nitrogens with two attached hydrogens (primary N) is 1. The molecule has 1 saturated heterocycles. The monoisotopic (exact) mass is 433 g/mol. The zero-order valence-corrected chi connectivity index (χ0v) is 20.7. The van der Waals surface area contributed by atoms with Crippen LogP contribution in [0.15, 0.2) is 36.9 Å². The molecule has 1 heterocycles. The maximum absolute atomic E-state index is 11.9. The van der Waals surface area contributed by atoms with Gasteiger partial charge in [0.25, 0.3) is 0 Å². The van der Waals surface area contributed by atoms with Gasteiger partial charge in [0.15, 0.2) is 0 Å². The molecule has 5 heteroatoms. The molecule has 1 fully saturated rings. The average Bonchev–Trinajstić information content (AvgIpc) is 3.33. The molecule has 2 rings (SSSR count). The van der Waals surface area contributed by atoms with Gasteiger partial charge in [0.05, 0.1) is 12.6 Å². The molecule has 0 aromatic heterocycles. The Bertz CT molecular complexity index is 550. The molecule has 5 nitrogen and oxygen atoms in total. The zero-order valence-electron chi connectivity index (χ0n) is 20.7. The van der Waals surface area contributed by atoms with Gasteiger partial charge < -0.3 is 15.4 Å². The Morgan fingerprint density at radius 2 is 1.77 bits per heavy atom. The van der Waals surface area contributed by atoms with E-state index in [-0.39, 0.29) is 18.5 Å². The number of amides is 1. The second kappa shape index (κ2) is 22.7. The molecule has 3 N–H and O–H groups in total. The summed E-state index contributed by atoms with van der Waals surface area (Å²) in [7, 11) is 0. The van der Waals surface area contributed by atoms with Crippen LogP contribution in [0.2, 0.25) is 0 Å². The lowest BCUT2D eigenvalue weighted by Crippen LogP contribution is -2.41. The highest BCUT2D eigenvalue weighted by Gasteiger charge is 2.18. The number of nitrogens with one attached hydrogen (secondary N) is 1. The fourth-order valence-corrected chi connectivity index (χ4v) is 2.80. The van der Waals surface area contributed by atoms with E-state index in [1.807, 2.05) is 25.7 Å². The van der Waals surface area contributed by atoms with Crippen LogP contribution in [-0.4, -0.2) is 49.3 Å². The molecule has 0 radical (unpaired) electrons. The Kier molecular flexibility index (Phi) is 22.9. The smallest absolute Gasteiger partial charge is 0.236 e. The molecule has 0 aliphatic carbocycles.